The van der Waals surface area contributed by atoms with Crippen LogP contribution >= 0.6 is 11.6 Å². The largest absolute Gasteiger partial charge is 0.322 e. The molecule has 1 fully saturated rings. The maximum Gasteiger partial charge on any atom is 0.269 e. The van der Waals surface area contributed by atoms with Gasteiger partial charge in [0, 0.05) is 29.8 Å². The molecule has 2 aliphatic rings. The number of likely N-dealkylation sites (tertiary alicyclic amines) is 1. The molecular formula is C27H27ClN3O3+. The minimum atomic E-state index is -0.367. The van der Waals surface area contributed by atoms with Gasteiger partial charge < -0.3 is 9.38 Å². The van der Waals surface area contributed by atoms with Gasteiger partial charge in [0.1, 0.15) is 6.54 Å². The van der Waals surface area contributed by atoms with E-state index in [1.807, 2.05) is 29.2 Å². The number of nitro benzene ring substituents is 1. The highest BCUT2D eigenvalue weighted by molar-refractivity contribution is 6.34. The van der Waals surface area contributed by atoms with Crippen LogP contribution in [0.4, 0.5) is 11.4 Å². The Hall–Kier alpha value is -3.22. The lowest BCUT2D eigenvalue weighted by Crippen LogP contribution is -2.56. The van der Waals surface area contributed by atoms with Gasteiger partial charge >= 0.3 is 0 Å². The number of non-ortho nitro benzene ring substituents is 1. The summed E-state index contributed by atoms with van der Waals surface area (Å²) in [4.78, 5) is 26.3. The quantitative estimate of drug-likeness (QED) is 0.275. The number of hydrogen-bond acceptors (Lipinski definition) is 3. The molecule has 0 N–H and O–H groups in total. The molecule has 3 aromatic rings. The minimum absolute atomic E-state index is 0.0466. The number of benzene rings is 3. The number of rotatable bonds is 4. The van der Waals surface area contributed by atoms with Gasteiger partial charge in [-0.1, -0.05) is 41.4 Å². The predicted molar refractivity (Wildman–Crippen MR) is 133 cm³/mol. The third-order valence-corrected chi connectivity index (χ3v) is 7.60. The summed E-state index contributed by atoms with van der Waals surface area (Å²) < 4.78 is 0.820. The van der Waals surface area contributed by atoms with Crippen molar-refractivity contribution in [2.75, 3.05) is 25.0 Å². The molecule has 3 aromatic carbocycles. The smallest absolute Gasteiger partial charge is 0.269 e. The first-order valence-electron chi connectivity index (χ1n) is 11.5. The highest BCUT2D eigenvalue weighted by atomic mass is 35.5. The Morgan fingerprint density at radius 3 is 2.59 bits per heavy atom. The number of likely N-dealkylation sites (N-methyl/N-ethyl adjacent to an activating group) is 1. The molecule has 0 aliphatic carbocycles. The maximum absolute atomic E-state index is 13.7. The zero-order chi connectivity index (χ0) is 24.0. The molecule has 0 aromatic heterocycles. The normalized spacial score (nSPS) is 23.3. The van der Waals surface area contributed by atoms with Gasteiger partial charge in [-0.25, -0.2) is 0 Å². The first-order chi connectivity index (χ1) is 16.3. The fraction of sp³-hybridized carbons (Fsp3) is 0.296. The van der Waals surface area contributed by atoms with Crippen molar-refractivity contribution in [1.29, 1.82) is 0 Å². The number of nitrogens with zero attached hydrogens (tertiary/aromatic N) is 3. The van der Waals surface area contributed by atoms with Gasteiger partial charge in [-0.2, -0.15) is 0 Å². The fourth-order valence-electron chi connectivity index (χ4n) is 5.65. The Kier molecular flexibility index (Phi) is 5.66. The molecule has 1 saturated heterocycles. The van der Waals surface area contributed by atoms with E-state index in [4.69, 9.17) is 11.6 Å². The van der Waals surface area contributed by atoms with Crippen LogP contribution in [0.1, 0.15) is 39.4 Å². The van der Waals surface area contributed by atoms with Gasteiger partial charge in [-0.3, -0.25) is 14.9 Å². The van der Waals surface area contributed by atoms with E-state index in [-0.39, 0.29) is 28.5 Å². The number of piperidine rings is 1. The first kappa shape index (κ1) is 22.6. The van der Waals surface area contributed by atoms with Crippen molar-refractivity contribution in [1.82, 2.24) is 0 Å². The van der Waals surface area contributed by atoms with Gasteiger partial charge in [-0.05, 0) is 42.8 Å². The lowest BCUT2D eigenvalue weighted by atomic mass is 9.87. The molecule has 2 aliphatic heterocycles. The van der Waals surface area contributed by atoms with E-state index in [1.165, 1.54) is 11.1 Å². The number of amides is 1. The Morgan fingerprint density at radius 2 is 1.88 bits per heavy atom. The Labute approximate surface area is 204 Å². The second-order valence-corrected chi connectivity index (χ2v) is 10.2. The van der Waals surface area contributed by atoms with Crippen molar-refractivity contribution in [3.63, 3.8) is 0 Å². The summed E-state index contributed by atoms with van der Waals surface area (Å²) in [5, 5.41) is 11.5. The number of carbonyl (C=O) groups excluding carboxylic acids is 1. The maximum atomic E-state index is 13.7. The molecule has 0 spiro atoms. The molecule has 5 rings (SSSR count). The molecule has 0 saturated carbocycles. The first-order valence-corrected chi connectivity index (χ1v) is 11.9. The van der Waals surface area contributed by atoms with Gasteiger partial charge in [0.2, 0.25) is 0 Å². The van der Waals surface area contributed by atoms with E-state index in [0.717, 1.165) is 41.8 Å². The van der Waals surface area contributed by atoms with Crippen LogP contribution in [0.3, 0.4) is 0 Å². The van der Waals surface area contributed by atoms with Crippen LogP contribution in [0.2, 0.25) is 5.02 Å². The van der Waals surface area contributed by atoms with Crippen LogP contribution in [0.5, 0.6) is 0 Å². The topological polar surface area (TPSA) is 63.5 Å². The molecule has 3 atom stereocenters. The van der Waals surface area contributed by atoms with E-state index < -0.39 is 0 Å². The number of nitro groups is 1. The second-order valence-electron chi connectivity index (χ2n) is 9.79. The average molecular weight is 477 g/mol. The number of hydrogen-bond donors (Lipinski definition) is 0. The van der Waals surface area contributed by atoms with Crippen LogP contribution < -0.4 is 4.90 Å². The van der Waals surface area contributed by atoms with E-state index >= 15 is 0 Å². The van der Waals surface area contributed by atoms with Crippen molar-refractivity contribution < 1.29 is 14.2 Å². The average Bonchev–Trinajstić information content (AvgIpc) is 3.11. The third kappa shape index (κ3) is 3.97. The molecule has 0 bridgehead atoms. The van der Waals surface area contributed by atoms with Crippen LogP contribution in [-0.4, -0.2) is 41.5 Å². The number of halogens is 1. The SMILES string of the molecule is Cc1ccc2c(c1)[C@@H]1C[N@@+](C)(Cc3ccc([N+](=O)[O-])cc3)CC[C@@H]1N2C(=O)c1ccccc1Cl. The molecule has 0 unspecified atom stereocenters. The van der Waals surface area contributed by atoms with Gasteiger partial charge in [-0.15, -0.1) is 0 Å². The summed E-state index contributed by atoms with van der Waals surface area (Å²) in [5.74, 6) is 0.174. The number of quaternary nitrogens is 1. The molecule has 6 nitrogen and oxygen atoms in total. The number of fused-ring (bicyclic) bond motifs is 3. The standard InChI is InChI=1S/C27H27ClN3O3/c1-18-7-12-25-22(15-18)23-17-31(2,16-19-8-10-20(11-9-19)30(33)34)14-13-26(23)29(25)27(32)21-5-3-4-6-24(21)28/h3-12,15,23,26H,13-14,16-17H2,1-2H3/q+1/t23-,26-,31+/m0/s1. The van der Waals surface area contributed by atoms with Gasteiger partial charge in [0.15, 0.2) is 0 Å². The number of anilines is 1. The summed E-state index contributed by atoms with van der Waals surface area (Å²) in [7, 11) is 2.24. The lowest BCUT2D eigenvalue weighted by Gasteiger charge is -2.44. The summed E-state index contributed by atoms with van der Waals surface area (Å²) in [6.07, 6.45) is 0.873. The Morgan fingerprint density at radius 1 is 1.15 bits per heavy atom. The lowest BCUT2D eigenvalue weighted by molar-refractivity contribution is -0.928. The van der Waals surface area contributed by atoms with Crippen molar-refractivity contribution in [3.05, 3.63) is 104 Å². The zero-order valence-corrected chi connectivity index (χ0v) is 20.0. The summed E-state index contributed by atoms with van der Waals surface area (Å²) >= 11 is 6.40. The van der Waals surface area contributed by atoms with Gasteiger partial charge in [0.25, 0.3) is 11.6 Å². The van der Waals surface area contributed by atoms with E-state index in [9.17, 15) is 14.9 Å². The molecule has 34 heavy (non-hydrogen) atoms. The summed E-state index contributed by atoms with van der Waals surface area (Å²) in [6.45, 7) is 4.68. The van der Waals surface area contributed by atoms with Crippen molar-refractivity contribution in [3.8, 4) is 0 Å². The second kappa shape index (κ2) is 8.53. The molecule has 7 heteroatoms. The third-order valence-electron chi connectivity index (χ3n) is 7.27. The van der Waals surface area contributed by atoms with Crippen LogP contribution in [0.25, 0.3) is 0 Å². The molecule has 2 heterocycles. The summed E-state index contributed by atoms with van der Waals surface area (Å²) in [6, 6.07) is 20.5. The van der Waals surface area contributed by atoms with Crippen LogP contribution in [0.15, 0.2) is 66.7 Å². The van der Waals surface area contributed by atoms with Gasteiger partial charge in [0.05, 0.1) is 47.6 Å². The van der Waals surface area contributed by atoms with E-state index in [1.54, 1.807) is 24.3 Å². The zero-order valence-electron chi connectivity index (χ0n) is 19.3. The van der Waals surface area contributed by atoms with E-state index in [2.05, 4.69) is 32.2 Å². The molecular weight excluding hydrogens is 450 g/mol. The van der Waals surface area contributed by atoms with Crippen LogP contribution in [-0.2, 0) is 6.54 Å². The highest BCUT2D eigenvalue weighted by Gasteiger charge is 2.49. The Bertz CT molecular complexity index is 1280. The minimum Gasteiger partial charge on any atom is -0.322 e. The Balaban J connectivity index is 1.46. The monoisotopic (exact) mass is 476 g/mol. The van der Waals surface area contributed by atoms with Crippen molar-refractivity contribution in [2.45, 2.75) is 31.8 Å². The summed E-state index contributed by atoms with van der Waals surface area (Å²) in [5.41, 5.74) is 5.11. The molecule has 1 amide bonds. The molecule has 174 valence electrons. The van der Waals surface area contributed by atoms with E-state index in [0.29, 0.717) is 10.6 Å². The van der Waals surface area contributed by atoms with Crippen LogP contribution in [0, 0.1) is 17.0 Å². The van der Waals surface area contributed by atoms with Crippen molar-refractivity contribution >= 4 is 28.9 Å². The highest BCUT2D eigenvalue weighted by Crippen LogP contribution is 2.47. The predicted octanol–water partition coefficient (Wildman–Crippen LogP) is 5.72. The number of aryl methyl sites for hydroxylation is 1. The van der Waals surface area contributed by atoms with Crippen molar-refractivity contribution in [2.24, 2.45) is 0 Å². The fourth-order valence-corrected chi connectivity index (χ4v) is 5.87. The molecule has 0 radical (unpaired) electrons. The number of carbonyl (C=O) groups is 1.